The second-order valence-electron chi connectivity index (χ2n) is 5.74. The number of hydrogen-bond donors (Lipinski definition) is 1. The Hall–Kier alpha value is -0.410. The van der Waals surface area contributed by atoms with Gasteiger partial charge in [0.05, 0.1) is 0 Å². The molecule has 0 spiro atoms. The molecule has 18 heavy (non-hydrogen) atoms. The molecule has 2 nitrogen and oxygen atoms in total. The van der Waals surface area contributed by atoms with E-state index < -0.39 is 0 Å². The van der Waals surface area contributed by atoms with Crippen LogP contribution in [0.2, 0.25) is 0 Å². The van der Waals surface area contributed by atoms with Crippen LogP contribution in [0.3, 0.4) is 0 Å². The summed E-state index contributed by atoms with van der Waals surface area (Å²) < 4.78 is 1.05. The Morgan fingerprint density at radius 2 is 2.06 bits per heavy atom. The van der Waals surface area contributed by atoms with Crippen molar-refractivity contribution in [2.24, 2.45) is 5.41 Å². The van der Waals surface area contributed by atoms with Gasteiger partial charge in [-0.25, -0.2) is 0 Å². The Balaban J connectivity index is 2.27. The molecule has 3 heteroatoms. The van der Waals surface area contributed by atoms with Gasteiger partial charge in [0.2, 0.25) is 0 Å². The van der Waals surface area contributed by atoms with Crippen LogP contribution < -0.4 is 5.32 Å². The zero-order valence-corrected chi connectivity index (χ0v) is 13.4. The lowest BCUT2D eigenvalue weighted by Gasteiger charge is -2.25. The fourth-order valence-electron chi connectivity index (χ4n) is 2.04. The molecule has 0 unspecified atom stereocenters. The summed E-state index contributed by atoms with van der Waals surface area (Å²) in [6, 6.07) is 2.12. The summed E-state index contributed by atoms with van der Waals surface area (Å²) in [7, 11) is 0. The van der Waals surface area contributed by atoms with Gasteiger partial charge in [0, 0.05) is 30.0 Å². The van der Waals surface area contributed by atoms with E-state index in [0.29, 0.717) is 5.41 Å². The first-order valence-electron chi connectivity index (χ1n) is 6.83. The van der Waals surface area contributed by atoms with Gasteiger partial charge >= 0.3 is 0 Å². The van der Waals surface area contributed by atoms with Gasteiger partial charge in [0.15, 0.2) is 0 Å². The van der Waals surface area contributed by atoms with E-state index in [2.05, 4.69) is 53.1 Å². The van der Waals surface area contributed by atoms with Crippen LogP contribution >= 0.6 is 15.9 Å². The van der Waals surface area contributed by atoms with E-state index in [4.69, 9.17) is 0 Å². The lowest BCUT2D eigenvalue weighted by atomic mass is 9.87. The molecule has 0 bridgehead atoms. The highest BCUT2D eigenvalue weighted by Gasteiger charge is 2.16. The van der Waals surface area contributed by atoms with E-state index in [0.717, 1.165) is 17.6 Å². The van der Waals surface area contributed by atoms with Gasteiger partial charge in [0.1, 0.15) is 0 Å². The molecule has 102 valence electrons. The van der Waals surface area contributed by atoms with Crippen molar-refractivity contribution < 1.29 is 0 Å². The highest BCUT2D eigenvalue weighted by atomic mass is 79.9. The maximum absolute atomic E-state index is 4.17. The van der Waals surface area contributed by atoms with Crippen molar-refractivity contribution in [2.75, 3.05) is 6.54 Å². The Morgan fingerprint density at radius 3 is 2.72 bits per heavy atom. The first-order valence-corrected chi connectivity index (χ1v) is 7.63. The zero-order chi connectivity index (χ0) is 13.4. The normalized spacial score (nSPS) is 11.8. The molecular weight excluding hydrogens is 288 g/mol. The summed E-state index contributed by atoms with van der Waals surface area (Å²) in [5.74, 6) is 0. The fourth-order valence-corrected chi connectivity index (χ4v) is 2.45. The topological polar surface area (TPSA) is 24.9 Å². The summed E-state index contributed by atoms with van der Waals surface area (Å²) in [5.41, 5.74) is 1.61. The minimum atomic E-state index is 0.384. The summed E-state index contributed by atoms with van der Waals surface area (Å²) in [5, 5.41) is 3.54. The van der Waals surface area contributed by atoms with E-state index in [9.17, 15) is 0 Å². The number of pyridine rings is 1. The number of aromatic nitrogens is 1. The van der Waals surface area contributed by atoms with Gasteiger partial charge in [-0.3, -0.25) is 4.98 Å². The SMILES string of the molecule is CCCCCC(C)(C)CNCc1cncc(Br)c1. The maximum atomic E-state index is 4.17. The van der Waals surface area contributed by atoms with Gasteiger partial charge in [-0.2, -0.15) is 0 Å². The predicted octanol–water partition coefficient (Wildman–Crippen LogP) is 4.54. The zero-order valence-electron chi connectivity index (χ0n) is 11.8. The summed E-state index contributed by atoms with van der Waals surface area (Å²) in [4.78, 5) is 4.17. The third kappa shape index (κ3) is 6.50. The standard InChI is InChI=1S/C15H25BrN2/c1-4-5-6-7-15(2,3)12-18-10-13-8-14(16)11-17-9-13/h8-9,11,18H,4-7,10,12H2,1-3H3. The average molecular weight is 313 g/mol. The molecule has 0 amide bonds. The molecule has 0 aromatic carbocycles. The molecule has 0 aliphatic carbocycles. The second kappa shape index (κ2) is 7.90. The van der Waals surface area contributed by atoms with Crippen molar-refractivity contribution in [1.29, 1.82) is 0 Å². The Labute approximate surface area is 120 Å². The molecule has 0 fully saturated rings. The molecule has 0 aliphatic heterocycles. The first-order chi connectivity index (χ1) is 8.53. The maximum Gasteiger partial charge on any atom is 0.0410 e. The van der Waals surface area contributed by atoms with E-state index in [1.54, 1.807) is 0 Å². The van der Waals surface area contributed by atoms with Crippen LogP contribution in [0.25, 0.3) is 0 Å². The minimum absolute atomic E-state index is 0.384. The van der Waals surface area contributed by atoms with Gasteiger partial charge in [-0.1, -0.05) is 40.0 Å². The van der Waals surface area contributed by atoms with Gasteiger partial charge in [0.25, 0.3) is 0 Å². The molecule has 1 aromatic heterocycles. The summed E-state index contributed by atoms with van der Waals surface area (Å²) in [6.45, 7) is 8.89. The molecule has 0 radical (unpaired) electrons. The van der Waals surface area contributed by atoms with E-state index in [-0.39, 0.29) is 0 Å². The van der Waals surface area contributed by atoms with E-state index in [1.165, 1.54) is 31.2 Å². The minimum Gasteiger partial charge on any atom is -0.312 e. The monoisotopic (exact) mass is 312 g/mol. The van der Waals surface area contributed by atoms with Crippen LogP contribution in [0.4, 0.5) is 0 Å². The summed E-state index contributed by atoms with van der Waals surface area (Å²) >= 11 is 3.45. The quantitative estimate of drug-likeness (QED) is 0.713. The molecule has 1 heterocycles. The highest BCUT2D eigenvalue weighted by molar-refractivity contribution is 9.10. The molecule has 0 saturated carbocycles. The molecule has 0 saturated heterocycles. The van der Waals surface area contributed by atoms with Crippen molar-refractivity contribution >= 4 is 15.9 Å². The van der Waals surface area contributed by atoms with Crippen molar-refractivity contribution in [3.63, 3.8) is 0 Å². The Kier molecular flexibility index (Phi) is 6.87. The van der Waals surface area contributed by atoms with Crippen LogP contribution in [0.1, 0.15) is 52.0 Å². The molecule has 0 aliphatic rings. The van der Waals surface area contributed by atoms with Gasteiger partial charge < -0.3 is 5.32 Å². The third-order valence-corrected chi connectivity index (χ3v) is 3.58. The number of nitrogens with zero attached hydrogens (tertiary/aromatic N) is 1. The lowest BCUT2D eigenvalue weighted by Crippen LogP contribution is -2.29. The van der Waals surface area contributed by atoms with Crippen molar-refractivity contribution in [3.8, 4) is 0 Å². The average Bonchev–Trinajstić information content (AvgIpc) is 2.29. The molecule has 1 aromatic rings. The van der Waals surface area contributed by atoms with E-state index >= 15 is 0 Å². The summed E-state index contributed by atoms with van der Waals surface area (Å²) in [6.07, 6.45) is 9.01. The van der Waals surface area contributed by atoms with Crippen LogP contribution in [-0.2, 0) is 6.54 Å². The van der Waals surface area contributed by atoms with Gasteiger partial charge in [-0.15, -0.1) is 0 Å². The van der Waals surface area contributed by atoms with Crippen LogP contribution in [0, 0.1) is 5.41 Å². The number of nitrogens with one attached hydrogen (secondary N) is 1. The number of hydrogen-bond acceptors (Lipinski definition) is 2. The first kappa shape index (κ1) is 15.6. The van der Waals surface area contributed by atoms with Crippen molar-refractivity contribution in [2.45, 2.75) is 53.0 Å². The second-order valence-corrected chi connectivity index (χ2v) is 6.65. The molecular formula is C15H25BrN2. The molecule has 1 rings (SSSR count). The van der Waals surface area contributed by atoms with Crippen LogP contribution in [0.5, 0.6) is 0 Å². The predicted molar refractivity (Wildman–Crippen MR) is 81.6 cm³/mol. The van der Waals surface area contributed by atoms with Gasteiger partial charge in [-0.05, 0) is 39.4 Å². The smallest absolute Gasteiger partial charge is 0.0410 e. The lowest BCUT2D eigenvalue weighted by molar-refractivity contribution is 0.302. The van der Waals surface area contributed by atoms with Crippen LogP contribution in [-0.4, -0.2) is 11.5 Å². The Bertz CT molecular complexity index is 350. The Morgan fingerprint density at radius 1 is 1.28 bits per heavy atom. The third-order valence-electron chi connectivity index (χ3n) is 3.15. The van der Waals surface area contributed by atoms with Crippen LogP contribution in [0.15, 0.2) is 22.9 Å². The number of rotatable bonds is 8. The fraction of sp³-hybridized carbons (Fsp3) is 0.667. The highest BCUT2D eigenvalue weighted by Crippen LogP contribution is 2.22. The number of unbranched alkanes of at least 4 members (excludes halogenated alkanes) is 2. The largest absolute Gasteiger partial charge is 0.312 e. The molecule has 0 atom stereocenters. The van der Waals surface area contributed by atoms with Crippen molar-refractivity contribution in [1.82, 2.24) is 10.3 Å². The van der Waals surface area contributed by atoms with Crippen molar-refractivity contribution in [3.05, 3.63) is 28.5 Å². The van der Waals surface area contributed by atoms with E-state index in [1.807, 2.05) is 12.4 Å². The molecule has 1 N–H and O–H groups in total. The number of halogens is 1.